The fourth-order valence-electron chi connectivity index (χ4n) is 8.81. The summed E-state index contributed by atoms with van der Waals surface area (Å²) in [5.41, 5.74) is 10.1. The van der Waals surface area contributed by atoms with Crippen LogP contribution in [0.4, 0.5) is 17.1 Å². The Hall–Kier alpha value is -7.15. The van der Waals surface area contributed by atoms with E-state index >= 15 is 0 Å². The molecule has 0 fully saturated rings. The first-order valence-electron chi connectivity index (χ1n) is 19.5. The summed E-state index contributed by atoms with van der Waals surface area (Å²) in [7, 11) is -2.41. The largest absolute Gasteiger partial charge is 0.310 e. The van der Waals surface area contributed by atoms with Gasteiger partial charge in [0.2, 0.25) is 0 Å². The molecular weight excluding hydrogens is 711 g/mol. The molecule has 0 aliphatic carbocycles. The molecule has 11 rings (SSSR count). The van der Waals surface area contributed by atoms with Crippen molar-refractivity contribution in [3.05, 3.63) is 188 Å². The Morgan fingerprint density at radius 2 is 0.982 bits per heavy atom. The summed E-state index contributed by atoms with van der Waals surface area (Å²) in [5.74, 6) is 1.99. The highest BCUT2D eigenvalue weighted by Gasteiger charge is 2.38. The fraction of sp³-hybridized carbons (Fsp3) is 0.0392. The lowest BCUT2D eigenvalue weighted by Gasteiger charge is -2.35. The van der Waals surface area contributed by atoms with E-state index in [1.54, 1.807) is 0 Å². The van der Waals surface area contributed by atoms with E-state index in [1.165, 1.54) is 48.6 Å². The zero-order chi connectivity index (χ0) is 38.1. The maximum atomic E-state index is 5.14. The summed E-state index contributed by atoms with van der Waals surface area (Å²) in [6.45, 7) is 5.00. The van der Waals surface area contributed by atoms with Crippen molar-refractivity contribution in [1.29, 1.82) is 0 Å². The van der Waals surface area contributed by atoms with Crippen LogP contribution in [-0.4, -0.2) is 27.6 Å². The third-order valence-corrected chi connectivity index (χ3v) is 15.0. The summed E-state index contributed by atoms with van der Waals surface area (Å²) in [6, 6.07) is 67.0. The summed E-state index contributed by atoms with van der Waals surface area (Å²) < 4.78 is 2.53. The van der Waals surface area contributed by atoms with E-state index in [1.807, 2.05) is 36.4 Å². The first kappa shape index (κ1) is 33.2. The van der Waals surface area contributed by atoms with Gasteiger partial charge in [0.05, 0.1) is 11.0 Å². The first-order valence-corrected chi connectivity index (χ1v) is 22.5. The van der Waals surface area contributed by atoms with E-state index in [0.717, 1.165) is 33.8 Å². The standard InChI is InChI=1S/C51H37N5Si/c1-57(2)45-31-37(51-53-49(35-18-7-3-8-19-35)52-50(54-51)36-20-9-4-10-21-36)28-29-43(45)56-44-30-27-34-17-15-16-26-41(34)47(44)42-32-40(33-46(57)48(42)56)55(38-22-11-5-12-23-38)39-24-13-6-14-25-39/h3-33H,1-2H3. The van der Waals surface area contributed by atoms with Crippen LogP contribution in [0.25, 0.3) is 72.4 Å². The van der Waals surface area contributed by atoms with Gasteiger partial charge in [-0.25, -0.2) is 15.0 Å². The molecule has 10 aromatic rings. The molecule has 6 heteroatoms. The van der Waals surface area contributed by atoms with Gasteiger partial charge in [0.15, 0.2) is 17.5 Å². The highest BCUT2D eigenvalue weighted by Crippen LogP contribution is 2.43. The van der Waals surface area contributed by atoms with Crippen molar-refractivity contribution in [3.63, 3.8) is 0 Å². The van der Waals surface area contributed by atoms with Gasteiger partial charge < -0.3 is 9.47 Å². The topological polar surface area (TPSA) is 46.8 Å². The lowest BCUT2D eigenvalue weighted by atomic mass is 10.0. The number of anilines is 3. The summed E-state index contributed by atoms with van der Waals surface area (Å²) in [6.07, 6.45) is 0. The van der Waals surface area contributed by atoms with Gasteiger partial charge in [-0.15, -0.1) is 0 Å². The average molecular weight is 748 g/mol. The van der Waals surface area contributed by atoms with E-state index in [9.17, 15) is 0 Å². The van der Waals surface area contributed by atoms with Gasteiger partial charge in [-0.1, -0.05) is 140 Å². The minimum atomic E-state index is -2.41. The number of benzene rings is 8. The number of aromatic nitrogens is 4. The van der Waals surface area contributed by atoms with Crippen LogP contribution in [0.15, 0.2) is 188 Å². The Balaban J connectivity index is 1.19. The molecule has 57 heavy (non-hydrogen) atoms. The Bertz CT molecular complexity index is 3050. The molecule has 0 spiro atoms. The second-order valence-corrected chi connectivity index (χ2v) is 19.6. The summed E-state index contributed by atoms with van der Waals surface area (Å²) in [4.78, 5) is 17.7. The van der Waals surface area contributed by atoms with Crippen molar-refractivity contribution in [3.8, 4) is 39.9 Å². The van der Waals surface area contributed by atoms with Crippen LogP contribution in [0.1, 0.15) is 0 Å². The zero-order valence-corrected chi connectivity index (χ0v) is 32.6. The van der Waals surface area contributed by atoms with Crippen molar-refractivity contribution < 1.29 is 0 Å². The van der Waals surface area contributed by atoms with Crippen molar-refractivity contribution in [1.82, 2.24) is 19.5 Å². The van der Waals surface area contributed by atoms with Gasteiger partial charge in [0.1, 0.15) is 8.07 Å². The SMILES string of the molecule is C[Si]1(C)c2cc(-c3nc(-c4ccccc4)nc(-c4ccccc4)n3)ccc2-n2c3ccc4ccccc4c3c3cc(N(c4ccccc4)c4ccccc4)cc1c32. The molecule has 0 amide bonds. The predicted molar refractivity (Wildman–Crippen MR) is 239 cm³/mol. The molecule has 0 saturated carbocycles. The number of hydrogen-bond donors (Lipinski definition) is 0. The van der Waals surface area contributed by atoms with Gasteiger partial charge in [-0.2, -0.15) is 0 Å². The van der Waals surface area contributed by atoms with E-state index in [2.05, 4.69) is 174 Å². The van der Waals surface area contributed by atoms with Gasteiger partial charge >= 0.3 is 0 Å². The Morgan fingerprint density at radius 1 is 0.439 bits per heavy atom. The molecule has 3 heterocycles. The van der Waals surface area contributed by atoms with Gasteiger partial charge in [0, 0.05) is 50.2 Å². The minimum absolute atomic E-state index is 0.663. The molecule has 5 nitrogen and oxygen atoms in total. The maximum absolute atomic E-state index is 5.14. The number of para-hydroxylation sites is 2. The second-order valence-electron chi connectivity index (χ2n) is 15.3. The molecule has 1 aliphatic rings. The Labute approximate surface area is 332 Å². The molecule has 0 N–H and O–H groups in total. The molecule has 1 aliphatic heterocycles. The maximum Gasteiger partial charge on any atom is 0.164 e. The van der Waals surface area contributed by atoms with Crippen LogP contribution in [-0.2, 0) is 0 Å². The lowest BCUT2D eigenvalue weighted by molar-refractivity contribution is 1.07. The van der Waals surface area contributed by atoms with E-state index in [0.29, 0.717) is 17.5 Å². The molecule has 270 valence electrons. The molecular formula is C51H37N5Si. The number of hydrogen-bond acceptors (Lipinski definition) is 4. The van der Waals surface area contributed by atoms with E-state index in [4.69, 9.17) is 15.0 Å². The zero-order valence-electron chi connectivity index (χ0n) is 31.6. The van der Waals surface area contributed by atoms with Crippen molar-refractivity contribution in [2.75, 3.05) is 4.90 Å². The van der Waals surface area contributed by atoms with Crippen LogP contribution in [0.3, 0.4) is 0 Å². The smallest absolute Gasteiger partial charge is 0.164 e. The fourth-order valence-corrected chi connectivity index (χ4v) is 11.8. The Kier molecular flexibility index (Phi) is 7.56. The highest BCUT2D eigenvalue weighted by atomic mass is 28.3. The summed E-state index contributed by atoms with van der Waals surface area (Å²) in [5, 5.41) is 7.82. The van der Waals surface area contributed by atoms with Crippen LogP contribution < -0.4 is 15.3 Å². The second kappa shape index (κ2) is 13.0. The van der Waals surface area contributed by atoms with Gasteiger partial charge in [-0.05, 0) is 81.8 Å². The molecule has 0 saturated heterocycles. The van der Waals surface area contributed by atoms with Gasteiger partial charge in [0.25, 0.3) is 0 Å². The van der Waals surface area contributed by atoms with Gasteiger partial charge in [-0.3, -0.25) is 0 Å². The van der Waals surface area contributed by atoms with Crippen LogP contribution in [0, 0.1) is 0 Å². The Morgan fingerprint density at radius 3 is 1.60 bits per heavy atom. The highest BCUT2D eigenvalue weighted by molar-refractivity contribution is 7.03. The molecule has 0 bridgehead atoms. The van der Waals surface area contributed by atoms with Crippen LogP contribution >= 0.6 is 0 Å². The average Bonchev–Trinajstić information content (AvgIpc) is 3.61. The van der Waals surface area contributed by atoms with Crippen molar-refractivity contribution in [2.45, 2.75) is 13.1 Å². The predicted octanol–water partition coefficient (Wildman–Crippen LogP) is 11.7. The number of rotatable bonds is 6. The molecule has 0 atom stereocenters. The van der Waals surface area contributed by atoms with E-state index < -0.39 is 8.07 Å². The number of nitrogens with zero attached hydrogens (tertiary/aromatic N) is 5. The van der Waals surface area contributed by atoms with Crippen LogP contribution in [0.5, 0.6) is 0 Å². The molecule has 8 aromatic carbocycles. The quantitative estimate of drug-likeness (QED) is 0.159. The monoisotopic (exact) mass is 747 g/mol. The molecule has 0 unspecified atom stereocenters. The summed E-state index contributed by atoms with van der Waals surface area (Å²) >= 11 is 0. The molecule has 0 radical (unpaired) electrons. The van der Waals surface area contributed by atoms with Crippen molar-refractivity contribution in [2.24, 2.45) is 0 Å². The minimum Gasteiger partial charge on any atom is -0.310 e. The van der Waals surface area contributed by atoms with E-state index in [-0.39, 0.29) is 0 Å². The lowest BCUT2D eigenvalue weighted by Crippen LogP contribution is -2.57. The van der Waals surface area contributed by atoms with Crippen molar-refractivity contribution >= 4 is 68.1 Å². The number of fused-ring (bicyclic) bond motifs is 7. The first-order chi connectivity index (χ1) is 28.0. The van der Waals surface area contributed by atoms with Crippen LogP contribution in [0.2, 0.25) is 13.1 Å². The third kappa shape index (κ3) is 5.33. The molecule has 2 aromatic heterocycles. The normalized spacial score (nSPS) is 12.9. The third-order valence-electron chi connectivity index (χ3n) is 11.6.